The lowest BCUT2D eigenvalue weighted by Gasteiger charge is -2.36. The van der Waals surface area contributed by atoms with Gasteiger partial charge in [0.05, 0.1) is 6.54 Å². The lowest BCUT2D eigenvalue weighted by Crippen LogP contribution is -2.65. The highest BCUT2D eigenvalue weighted by molar-refractivity contribution is 5.91. The van der Waals surface area contributed by atoms with Crippen LogP contribution in [0.4, 0.5) is 0 Å². The molecule has 2 atom stereocenters. The van der Waals surface area contributed by atoms with Gasteiger partial charge in [-0.05, 0) is 12.8 Å². The zero-order valence-corrected chi connectivity index (χ0v) is 8.82. The quantitative estimate of drug-likeness (QED) is 0.416. The summed E-state index contributed by atoms with van der Waals surface area (Å²) in [7, 11) is 0. The van der Waals surface area contributed by atoms with Crippen LogP contribution in [0.1, 0.15) is 19.8 Å². The maximum Gasteiger partial charge on any atom is 0.326 e. The summed E-state index contributed by atoms with van der Waals surface area (Å²) in [6.07, 6.45) is 0.0227. The van der Waals surface area contributed by atoms with Crippen molar-refractivity contribution in [1.82, 2.24) is 10.6 Å². The van der Waals surface area contributed by atoms with E-state index in [9.17, 15) is 19.5 Å². The summed E-state index contributed by atoms with van der Waals surface area (Å²) < 4.78 is 0. The monoisotopic (exact) mass is 230 g/mol. The van der Waals surface area contributed by atoms with E-state index in [0.29, 0.717) is 0 Å². The summed E-state index contributed by atoms with van der Waals surface area (Å²) >= 11 is 0. The average Bonchev–Trinajstić information content (AvgIpc) is 2.20. The van der Waals surface area contributed by atoms with Gasteiger partial charge in [-0.3, -0.25) is 9.59 Å². The fraction of sp³-hybridized carbons (Fsp3) is 0.667. The van der Waals surface area contributed by atoms with Crippen molar-refractivity contribution in [2.24, 2.45) is 0 Å². The minimum absolute atomic E-state index is 0.0100. The van der Waals surface area contributed by atoms with Crippen LogP contribution in [0.25, 0.3) is 0 Å². The number of hydrogen-bond acceptors (Lipinski definition) is 4. The molecule has 0 aromatic heterocycles. The van der Waals surface area contributed by atoms with Crippen molar-refractivity contribution < 1.29 is 24.6 Å². The molecular weight excluding hydrogens is 216 g/mol. The van der Waals surface area contributed by atoms with Gasteiger partial charge in [0.1, 0.15) is 6.04 Å². The molecule has 1 saturated heterocycles. The molecule has 0 saturated carbocycles. The first kappa shape index (κ1) is 12.4. The van der Waals surface area contributed by atoms with Crippen LogP contribution in [-0.4, -0.2) is 46.2 Å². The second-order valence-electron chi connectivity index (χ2n) is 3.84. The molecule has 1 aliphatic rings. The summed E-state index contributed by atoms with van der Waals surface area (Å²) in [5.74, 6) is -2.14. The van der Waals surface area contributed by atoms with Gasteiger partial charge in [-0.15, -0.1) is 0 Å². The van der Waals surface area contributed by atoms with Gasteiger partial charge in [0, 0.05) is 6.92 Å². The number of rotatable bonds is 5. The van der Waals surface area contributed by atoms with E-state index in [1.807, 2.05) is 0 Å². The van der Waals surface area contributed by atoms with E-state index in [4.69, 9.17) is 5.11 Å². The molecule has 7 heteroatoms. The zero-order chi connectivity index (χ0) is 12.3. The Bertz CT molecular complexity index is 330. The second-order valence-corrected chi connectivity index (χ2v) is 3.84. The van der Waals surface area contributed by atoms with Gasteiger partial charge >= 0.3 is 5.97 Å². The Morgan fingerprint density at radius 3 is 2.56 bits per heavy atom. The smallest absolute Gasteiger partial charge is 0.326 e. The number of carbonyl (C=O) groups is 3. The number of nitrogens with one attached hydrogen (secondary N) is 2. The number of carbonyl (C=O) groups excluding carboxylic acids is 2. The number of hydrogen-bond donors (Lipinski definition) is 4. The van der Waals surface area contributed by atoms with Gasteiger partial charge in [-0.25, -0.2) is 4.79 Å². The van der Waals surface area contributed by atoms with Crippen molar-refractivity contribution in [3.63, 3.8) is 0 Å². The van der Waals surface area contributed by atoms with Gasteiger partial charge in [-0.2, -0.15) is 0 Å². The van der Waals surface area contributed by atoms with Crippen molar-refractivity contribution in [2.45, 2.75) is 31.4 Å². The summed E-state index contributed by atoms with van der Waals surface area (Å²) in [6, 6.07) is -1.07. The number of aliphatic carboxylic acids is 1. The van der Waals surface area contributed by atoms with Crippen LogP contribution in [0, 0.1) is 0 Å². The first-order valence-electron chi connectivity index (χ1n) is 4.86. The highest BCUT2D eigenvalue weighted by Gasteiger charge is 2.44. The molecule has 0 aromatic carbocycles. The Kier molecular flexibility index (Phi) is 3.48. The molecule has 90 valence electrons. The molecule has 0 unspecified atom stereocenters. The third kappa shape index (κ3) is 2.69. The maximum absolute atomic E-state index is 11.0. The van der Waals surface area contributed by atoms with Crippen LogP contribution in [0.5, 0.6) is 0 Å². The fourth-order valence-electron chi connectivity index (χ4n) is 1.45. The molecule has 1 fully saturated rings. The largest absolute Gasteiger partial charge is 0.480 e. The van der Waals surface area contributed by atoms with Crippen molar-refractivity contribution in [3.8, 4) is 0 Å². The molecule has 2 amide bonds. The van der Waals surface area contributed by atoms with Crippen molar-refractivity contribution >= 4 is 17.8 Å². The van der Waals surface area contributed by atoms with Crippen LogP contribution >= 0.6 is 0 Å². The van der Waals surface area contributed by atoms with E-state index >= 15 is 0 Å². The second kappa shape index (κ2) is 4.48. The minimum Gasteiger partial charge on any atom is -0.480 e. The Balaban J connectivity index is 2.47. The Morgan fingerprint density at radius 1 is 1.62 bits per heavy atom. The van der Waals surface area contributed by atoms with Crippen LogP contribution in [0.2, 0.25) is 0 Å². The molecule has 4 N–H and O–H groups in total. The number of carboxylic acid groups (broad SMARTS) is 1. The molecule has 0 radical (unpaired) electrons. The van der Waals surface area contributed by atoms with E-state index in [1.165, 1.54) is 6.92 Å². The van der Waals surface area contributed by atoms with E-state index in [0.717, 1.165) is 0 Å². The Morgan fingerprint density at radius 2 is 2.25 bits per heavy atom. The van der Waals surface area contributed by atoms with Gasteiger partial charge in [0.25, 0.3) is 5.91 Å². The normalized spacial score (nSPS) is 25.2. The number of amides is 2. The minimum atomic E-state index is -1.48. The number of β-lactam (4-membered cyclic amide) rings is 1. The molecule has 0 aromatic rings. The molecule has 1 heterocycles. The standard InChI is InChI=1S/C9H14N2O5/c1-5(12)11-6(7(13)14)2-3-9(16)4-10-8(9)15/h6,16H,2-4H2,1H3,(H,10,15)(H,11,12)(H,13,14)/t6-,9-/m0/s1. The van der Waals surface area contributed by atoms with Crippen molar-refractivity contribution in [1.29, 1.82) is 0 Å². The average molecular weight is 230 g/mol. The third-order valence-electron chi connectivity index (χ3n) is 2.49. The van der Waals surface area contributed by atoms with Gasteiger partial charge in [0.2, 0.25) is 5.91 Å². The molecule has 0 aliphatic carbocycles. The van der Waals surface area contributed by atoms with Crippen LogP contribution in [0.15, 0.2) is 0 Å². The van der Waals surface area contributed by atoms with E-state index < -0.39 is 29.4 Å². The van der Waals surface area contributed by atoms with E-state index in [-0.39, 0.29) is 19.4 Å². The zero-order valence-electron chi connectivity index (χ0n) is 8.82. The van der Waals surface area contributed by atoms with E-state index in [1.54, 1.807) is 0 Å². The highest BCUT2D eigenvalue weighted by Crippen LogP contribution is 2.20. The van der Waals surface area contributed by atoms with Gasteiger partial charge in [-0.1, -0.05) is 0 Å². The van der Waals surface area contributed by atoms with Crippen molar-refractivity contribution in [2.75, 3.05) is 6.54 Å². The SMILES string of the molecule is CC(=O)N[C@@H](CC[C@]1(O)CNC1=O)C(=O)O. The van der Waals surface area contributed by atoms with E-state index in [2.05, 4.69) is 10.6 Å². The fourth-order valence-corrected chi connectivity index (χ4v) is 1.45. The van der Waals surface area contributed by atoms with Gasteiger partial charge in [0.15, 0.2) is 5.60 Å². The molecule has 0 bridgehead atoms. The Labute approximate surface area is 91.8 Å². The van der Waals surface area contributed by atoms with Crippen LogP contribution in [0.3, 0.4) is 0 Å². The summed E-state index contributed by atoms with van der Waals surface area (Å²) in [5.41, 5.74) is -1.48. The van der Waals surface area contributed by atoms with Crippen molar-refractivity contribution in [3.05, 3.63) is 0 Å². The lowest BCUT2D eigenvalue weighted by atomic mass is 9.88. The highest BCUT2D eigenvalue weighted by atomic mass is 16.4. The Hall–Kier alpha value is -1.63. The van der Waals surface area contributed by atoms with Crippen LogP contribution < -0.4 is 10.6 Å². The molecule has 16 heavy (non-hydrogen) atoms. The topological polar surface area (TPSA) is 116 Å². The number of aliphatic hydroxyl groups is 1. The molecule has 0 spiro atoms. The first-order valence-corrected chi connectivity index (χ1v) is 4.86. The molecule has 1 rings (SSSR count). The maximum atomic E-state index is 11.0. The summed E-state index contributed by atoms with van der Waals surface area (Å²) in [4.78, 5) is 32.4. The molecular formula is C9H14N2O5. The number of β-amino-alcohol motifs (C(OH)–C–C–N with tert-alkyl or cyclic N) is 1. The van der Waals surface area contributed by atoms with Gasteiger partial charge < -0.3 is 20.8 Å². The predicted molar refractivity (Wildman–Crippen MR) is 52.4 cm³/mol. The summed E-state index contributed by atoms with van der Waals surface area (Å²) in [6.45, 7) is 1.33. The van der Waals surface area contributed by atoms with Crippen LogP contribution in [-0.2, 0) is 14.4 Å². The molecule has 7 nitrogen and oxygen atoms in total. The summed E-state index contributed by atoms with van der Waals surface area (Å²) in [5, 5.41) is 23.0. The number of carboxylic acids is 1. The first-order chi connectivity index (χ1) is 7.35. The third-order valence-corrected chi connectivity index (χ3v) is 2.49. The molecule has 1 aliphatic heterocycles. The lowest BCUT2D eigenvalue weighted by molar-refractivity contribution is -0.154. The predicted octanol–water partition coefficient (Wildman–Crippen LogP) is -1.78.